The normalized spacial score (nSPS) is 11.6. The van der Waals surface area contributed by atoms with E-state index in [4.69, 9.17) is 9.26 Å². The van der Waals surface area contributed by atoms with Crippen molar-refractivity contribution in [3.8, 4) is 0 Å². The van der Waals surface area contributed by atoms with Crippen molar-refractivity contribution in [2.24, 2.45) is 4.99 Å². The van der Waals surface area contributed by atoms with Crippen molar-refractivity contribution in [2.45, 2.75) is 26.8 Å². The number of guanidine groups is 1. The van der Waals surface area contributed by atoms with Gasteiger partial charge in [-0.05, 0) is 20.3 Å². The van der Waals surface area contributed by atoms with E-state index in [0.717, 1.165) is 32.1 Å². The third kappa shape index (κ3) is 5.62. The van der Waals surface area contributed by atoms with Crippen LogP contribution in [0.15, 0.2) is 9.52 Å². The molecule has 0 radical (unpaired) electrons. The summed E-state index contributed by atoms with van der Waals surface area (Å²) in [6.07, 6.45) is 0.931. The molecule has 0 atom stereocenters. The lowest BCUT2D eigenvalue weighted by molar-refractivity contribution is 0.195. The molecular formula is C11H21N5O2. The van der Waals surface area contributed by atoms with Crippen LogP contribution in [0.5, 0.6) is 0 Å². The summed E-state index contributed by atoms with van der Waals surface area (Å²) < 4.78 is 9.97. The zero-order valence-electron chi connectivity index (χ0n) is 11.2. The highest BCUT2D eigenvalue weighted by Gasteiger charge is 2.02. The summed E-state index contributed by atoms with van der Waals surface area (Å²) in [5.41, 5.74) is 0. The number of nitrogens with zero attached hydrogens (tertiary/aromatic N) is 3. The average molecular weight is 255 g/mol. The van der Waals surface area contributed by atoms with Gasteiger partial charge in [-0.25, -0.2) is 4.99 Å². The Balaban J connectivity index is 2.39. The molecule has 0 aliphatic carbocycles. The van der Waals surface area contributed by atoms with Gasteiger partial charge in [0.15, 0.2) is 11.8 Å². The first kappa shape index (κ1) is 14.4. The van der Waals surface area contributed by atoms with Crippen molar-refractivity contribution in [1.29, 1.82) is 0 Å². The number of methoxy groups -OCH3 is 1. The quantitative estimate of drug-likeness (QED) is 0.418. The van der Waals surface area contributed by atoms with Crippen molar-refractivity contribution >= 4 is 5.96 Å². The van der Waals surface area contributed by atoms with E-state index < -0.39 is 0 Å². The fourth-order valence-corrected chi connectivity index (χ4v) is 1.32. The number of nitrogens with one attached hydrogen (secondary N) is 2. The van der Waals surface area contributed by atoms with Crippen LogP contribution in [0.1, 0.15) is 25.1 Å². The second-order valence-corrected chi connectivity index (χ2v) is 3.70. The Morgan fingerprint density at radius 1 is 1.44 bits per heavy atom. The van der Waals surface area contributed by atoms with Crippen molar-refractivity contribution in [2.75, 3.05) is 26.8 Å². The monoisotopic (exact) mass is 255 g/mol. The van der Waals surface area contributed by atoms with Gasteiger partial charge in [0.2, 0.25) is 5.89 Å². The van der Waals surface area contributed by atoms with Crippen LogP contribution < -0.4 is 10.6 Å². The summed E-state index contributed by atoms with van der Waals surface area (Å²) in [5.74, 6) is 1.88. The molecule has 1 heterocycles. The van der Waals surface area contributed by atoms with E-state index in [-0.39, 0.29) is 0 Å². The van der Waals surface area contributed by atoms with Crippen LogP contribution in [0, 0.1) is 6.92 Å². The lowest BCUT2D eigenvalue weighted by atomic mass is 10.4. The summed E-state index contributed by atoms with van der Waals surface area (Å²) in [5, 5.41) is 10.1. The Morgan fingerprint density at radius 2 is 2.28 bits per heavy atom. The summed E-state index contributed by atoms with van der Waals surface area (Å²) in [7, 11) is 1.69. The standard InChI is InChI=1S/C11H21N5O2/c1-4-12-11(13-6-5-7-17-3)14-8-10-15-9(2)16-18-10/h4-8H2,1-3H3,(H2,12,13,14). The van der Waals surface area contributed by atoms with E-state index in [2.05, 4.69) is 25.8 Å². The smallest absolute Gasteiger partial charge is 0.248 e. The topological polar surface area (TPSA) is 84.6 Å². The highest BCUT2D eigenvalue weighted by atomic mass is 16.5. The SMILES string of the molecule is CCNC(=NCc1nc(C)no1)NCCCOC. The second-order valence-electron chi connectivity index (χ2n) is 3.70. The molecule has 7 heteroatoms. The van der Waals surface area contributed by atoms with Crippen molar-refractivity contribution in [3.63, 3.8) is 0 Å². The fraction of sp³-hybridized carbons (Fsp3) is 0.727. The number of hydrogen-bond acceptors (Lipinski definition) is 5. The molecule has 18 heavy (non-hydrogen) atoms. The maximum absolute atomic E-state index is 4.99. The predicted molar refractivity (Wildman–Crippen MR) is 68.3 cm³/mol. The molecule has 1 aromatic rings. The molecule has 0 saturated carbocycles. The second kappa shape index (κ2) is 8.46. The molecule has 0 aliphatic rings. The van der Waals surface area contributed by atoms with Crippen LogP contribution in [0.4, 0.5) is 0 Å². The Hall–Kier alpha value is -1.63. The number of hydrogen-bond donors (Lipinski definition) is 2. The van der Waals surface area contributed by atoms with Gasteiger partial charge in [0, 0.05) is 26.8 Å². The maximum Gasteiger partial charge on any atom is 0.248 e. The highest BCUT2D eigenvalue weighted by molar-refractivity contribution is 5.79. The van der Waals surface area contributed by atoms with Crippen LogP contribution in [0.25, 0.3) is 0 Å². The molecule has 0 amide bonds. The van der Waals surface area contributed by atoms with Gasteiger partial charge in [0.05, 0.1) is 0 Å². The number of ether oxygens (including phenoxy) is 1. The highest BCUT2D eigenvalue weighted by Crippen LogP contribution is 1.97. The summed E-state index contributed by atoms with van der Waals surface area (Å²) in [6.45, 7) is 6.52. The van der Waals surface area contributed by atoms with Crippen LogP contribution in [-0.2, 0) is 11.3 Å². The summed E-state index contributed by atoms with van der Waals surface area (Å²) in [6, 6.07) is 0. The minimum Gasteiger partial charge on any atom is -0.385 e. The van der Waals surface area contributed by atoms with Crippen LogP contribution >= 0.6 is 0 Å². The molecule has 0 aromatic carbocycles. The number of aryl methyl sites for hydroxylation is 1. The molecule has 1 aromatic heterocycles. The van der Waals surface area contributed by atoms with Crippen LogP contribution in [0.3, 0.4) is 0 Å². The van der Waals surface area contributed by atoms with Gasteiger partial charge in [-0.1, -0.05) is 5.16 Å². The molecule has 7 nitrogen and oxygen atoms in total. The van der Waals surface area contributed by atoms with Gasteiger partial charge >= 0.3 is 0 Å². The lowest BCUT2D eigenvalue weighted by Crippen LogP contribution is -2.38. The Kier molecular flexibility index (Phi) is 6.78. The van der Waals surface area contributed by atoms with Gasteiger partial charge in [-0.3, -0.25) is 0 Å². The lowest BCUT2D eigenvalue weighted by Gasteiger charge is -2.10. The van der Waals surface area contributed by atoms with Gasteiger partial charge < -0.3 is 19.9 Å². The predicted octanol–water partition coefficient (Wildman–Crippen LogP) is 0.470. The van der Waals surface area contributed by atoms with Gasteiger partial charge in [-0.15, -0.1) is 0 Å². The Bertz CT molecular complexity index is 364. The van der Waals surface area contributed by atoms with Crippen molar-refractivity contribution in [1.82, 2.24) is 20.8 Å². The third-order valence-electron chi connectivity index (χ3n) is 2.10. The molecular weight excluding hydrogens is 234 g/mol. The van der Waals surface area contributed by atoms with Crippen LogP contribution in [0.2, 0.25) is 0 Å². The maximum atomic E-state index is 4.99. The van der Waals surface area contributed by atoms with Crippen molar-refractivity contribution in [3.05, 3.63) is 11.7 Å². The molecule has 102 valence electrons. The number of aliphatic imine (C=N–C) groups is 1. The van der Waals surface area contributed by atoms with Gasteiger partial charge in [-0.2, -0.15) is 4.98 Å². The minimum absolute atomic E-state index is 0.375. The first-order valence-corrected chi connectivity index (χ1v) is 6.06. The largest absolute Gasteiger partial charge is 0.385 e. The molecule has 1 rings (SSSR count). The Labute approximate surface area is 107 Å². The number of aromatic nitrogens is 2. The van der Waals surface area contributed by atoms with E-state index in [0.29, 0.717) is 18.3 Å². The molecule has 0 spiro atoms. The molecule has 2 N–H and O–H groups in total. The molecule has 0 saturated heterocycles. The zero-order chi connectivity index (χ0) is 13.2. The summed E-state index contributed by atoms with van der Waals surface area (Å²) in [4.78, 5) is 8.44. The van der Waals surface area contributed by atoms with E-state index in [1.165, 1.54) is 0 Å². The van der Waals surface area contributed by atoms with Gasteiger partial charge in [0.25, 0.3) is 0 Å². The van der Waals surface area contributed by atoms with Gasteiger partial charge in [0.1, 0.15) is 6.54 Å². The zero-order valence-corrected chi connectivity index (χ0v) is 11.2. The first-order chi connectivity index (χ1) is 8.76. The average Bonchev–Trinajstić information content (AvgIpc) is 2.77. The number of rotatable bonds is 7. The fourth-order valence-electron chi connectivity index (χ4n) is 1.32. The van der Waals surface area contributed by atoms with E-state index in [1.807, 2.05) is 6.92 Å². The first-order valence-electron chi connectivity index (χ1n) is 6.06. The van der Waals surface area contributed by atoms with E-state index in [9.17, 15) is 0 Å². The van der Waals surface area contributed by atoms with E-state index >= 15 is 0 Å². The molecule has 0 fully saturated rings. The minimum atomic E-state index is 0.375. The Morgan fingerprint density at radius 3 is 2.89 bits per heavy atom. The molecule has 0 aliphatic heterocycles. The van der Waals surface area contributed by atoms with Crippen molar-refractivity contribution < 1.29 is 9.26 Å². The third-order valence-corrected chi connectivity index (χ3v) is 2.10. The molecule has 0 bridgehead atoms. The molecule has 0 unspecified atom stereocenters. The van der Waals surface area contributed by atoms with E-state index in [1.54, 1.807) is 14.0 Å². The summed E-state index contributed by atoms with van der Waals surface area (Å²) >= 11 is 0. The van der Waals surface area contributed by atoms with Crippen LogP contribution in [-0.4, -0.2) is 42.9 Å².